The quantitative estimate of drug-likeness (QED) is 0.607. The van der Waals surface area contributed by atoms with Crippen molar-refractivity contribution in [3.05, 3.63) is 28.4 Å². The van der Waals surface area contributed by atoms with Gasteiger partial charge < -0.3 is 10.1 Å². The van der Waals surface area contributed by atoms with E-state index in [1.54, 1.807) is 0 Å². The molecule has 1 aliphatic heterocycles. The lowest BCUT2D eigenvalue weighted by molar-refractivity contribution is -0.389. The van der Waals surface area contributed by atoms with Crippen molar-refractivity contribution >= 4 is 15.8 Å². The Morgan fingerprint density at radius 1 is 1.22 bits per heavy atom. The Labute approximate surface area is 105 Å². The molecule has 18 heavy (non-hydrogen) atoms. The molecule has 2 rings (SSSR count). The Bertz CT molecular complexity index is 535. The van der Waals surface area contributed by atoms with Gasteiger partial charge in [-0.3, -0.25) is 0 Å². The van der Waals surface area contributed by atoms with Crippen LogP contribution in [0.3, 0.4) is 0 Å². The average Bonchev–Trinajstić information content (AvgIpc) is 2.40. The predicted molar refractivity (Wildman–Crippen MR) is 63.5 cm³/mol. The maximum atomic E-state index is 12.2. The number of rotatable bonds is 3. The number of piperidine rings is 1. The maximum absolute atomic E-state index is 12.2. The molecular weight excluding hydrogens is 258 g/mol. The van der Waals surface area contributed by atoms with Gasteiger partial charge in [0, 0.05) is 19.2 Å². The number of hydrogen-bond donors (Lipinski definition) is 0. The lowest BCUT2D eigenvalue weighted by atomic mass is 10.2. The van der Waals surface area contributed by atoms with Gasteiger partial charge in [0.25, 0.3) is 0 Å². The van der Waals surface area contributed by atoms with Crippen LogP contribution in [-0.2, 0) is 10.0 Å². The molecule has 0 unspecified atom stereocenters. The minimum atomic E-state index is -3.56. The molecule has 0 saturated carbocycles. The molecule has 0 spiro atoms. The highest BCUT2D eigenvalue weighted by molar-refractivity contribution is 7.89. The van der Waals surface area contributed by atoms with Crippen LogP contribution in [0.5, 0.6) is 0 Å². The van der Waals surface area contributed by atoms with E-state index in [2.05, 4.69) is 4.98 Å². The average molecular weight is 271 g/mol. The van der Waals surface area contributed by atoms with Gasteiger partial charge >= 0.3 is 5.82 Å². The van der Waals surface area contributed by atoms with Crippen LogP contribution in [0.4, 0.5) is 5.82 Å². The molecule has 8 heteroatoms. The second-order valence-corrected chi connectivity index (χ2v) is 6.01. The molecular formula is C10H13N3O4S. The van der Waals surface area contributed by atoms with E-state index >= 15 is 0 Å². The predicted octanol–water partition coefficient (Wildman–Crippen LogP) is 1.16. The fourth-order valence-corrected chi connectivity index (χ4v) is 3.35. The Kier molecular flexibility index (Phi) is 3.58. The summed E-state index contributed by atoms with van der Waals surface area (Å²) in [5.74, 6) is -0.354. The monoisotopic (exact) mass is 271 g/mol. The molecule has 0 radical (unpaired) electrons. The van der Waals surface area contributed by atoms with Gasteiger partial charge in [-0.25, -0.2) is 8.42 Å². The standard InChI is InChI=1S/C10H13N3O4S/c14-13(15)10-5-4-9(8-11-10)18(16,17)12-6-2-1-3-7-12/h4-5,8H,1-3,6-7H2. The van der Waals surface area contributed by atoms with Crippen LogP contribution in [0, 0.1) is 10.1 Å². The molecule has 0 N–H and O–H groups in total. The Morgan fingerprint density at radius 3 is 2.39 bits per heavy atom. The fourth-order valence-electron chi connectivity index (χ4n) is 1.89. The number of pyridine rings is 1. The van der Waals surface area contributed by atoms with Crippen molar-refractivity contribution in [3.8, 4) is 0 Å². The fraction of sp³-hybridized carbons (Fsp3) is 0.500. The zero-order valence-corrected chi connectivity index (χ0v) is 10.5. The normalized spacial score (nSPS) is 17.6. The van der Waals surface area contributed by atoms with Crippen molar-refractivity contribution in [3.63, 3.8) is 0 Å². The summed E-state index contributed by atoms with van der Waals surface area (Å²) in [6.45, 7) is 0.999. The third-order valence-electron chi connectivity index (χ3n) is 2.86. The first-order chi connectivity index (χ1) is 8.51. The third kappa shape index (κ3) is 2.49. The maximum Gasteiger partial charge on any atom is 0.363 e. The van der Waals surface area contributed by atoms with Crippen LogP contribution in [0.1, 0.15) is 19.3 Å². The second-order valence-electron chi connectivity index (χ2n) is 4.07. The molecule has 1 fully saturated rings. The summed E-state index contributed by atoms with van der Waals surface area (Å²) < 4.78 is 25.8. The van der Waals surface area contributed by atoms with Crippen molar-refractivity contribution in [1.82, 2.24) is 9.29 Å². The molecule has 0 atom stereocenters. The van der Waals surface area contributed by atoms with E-state index in [1.165, 1.54) is 10.4 Å². The van der Waals surface area contributed by atoms with E-state index in [-0.39, 0.29) is 10.7 Å². The molecule has 98 valence electrons. The van der Waals surface area contributed by atoms with Gasteiger partial charge in [-0.15, -0.1) is 0 Å². The van der Waals surface area contributed by atoms with E-state index in [0.717, 1.165) is 31.5 Å². The van der Waals surface area contributed by atoms with Gasteiger partial charge in [-0.2, -0.15) is 4.31 Å². The Hall–Kier alpha value is -1.54. The van der Waals surface area contributed by atoms with E-state index < -0.39 is 14.9 Å². The van der Waals surface area contributed by atoms with E-state index in [4.69, 9.17) is 0 Å². The van der Waals surface area contributed by atoms with E-state index in [9.17, 15) is 18.5 Å². The molecule has 1 saturated heterocycles. The number of hydrogen-bond acceptors (Lipinski definition) is 5. The van der Waals surface area contributed by atoms with Crippen molar-refractivity contribution in [1.29, 1.82) is 0 Å². The van der Waals surface area contributed by atoms with E-state index in [0.29, 0.717) is 13.1 Å². The van der Waals surface area contributed by atoms with Gasteiger partial charge in [0.2, 0.25) is 10.0 Å². The number of aromatic nitrogens is 1. The first-order valence-electron chi connectivity index (χ1n) is 5.62. The van der Waals surface area contributed by atoms with Crippen molar-refractivity contribution in [2.75, 3.05) is 13.1 Å². The Balaban J connectivity index is 2.26. The van der Waals surface area contributed by atoms with Gasteiger partial charge in [0.15, 0.2) is 6.20 Å². The van der Waals surface area contributed by atoms with Crippen LogP contribution in [-0.4, -0.2) is 35.7 Å². The van der Waals surface area contributed by atoms with Crippen LogP contribution in [0.2, 0.25) is 0 Å². The van der Waals surface area contributed by atoms with Gasteiger partial charge in [-0.05, 0) is 28.8 Å². The highest BCUT2D eigenvalue weighted by Gasteiger charge is 2.27. The number of sulfonamides is 1. The Morgan fingerprint density at radius 2 is 1.89 bits per heavy atom. The summed E-state index contributed by atoms with van der Waals surface area (Å²) in [7, 11) is -3.56. The summed E-state index contributed by atoms with van der Waals surface area (Å²) in [4.78, 5) is 13.3. The largest absolute Gasteiger partial charge is 0.363 e. The van der Waals surface area contributed by atoms with Crippen molar-refractivity contribution in [2.45, 2.75) is 24.2 Å². The molecule has 1 aromatic rings. The molecule has 7 nitrogen and oxygen atoms in total. The summed E-state index contributed by atoms with van der Waals surface area (Å²) in [6.07, 6.45) is 3.77. The minimum absolute atomic E-state index is 0.00926. The molecule has 1 aromatic heterocycles. The second kappa shape index (κ2) is 4.99. The van der Waals surface area contributed by atoms with Crippen LogP contribution >= 0.6 is 0 Å². The lowest BCUT2D eigenvalue weighted by Gasteiger charge is -2.25. The van der Waals surface area contributed by atoms with Crippen molar-refractivity contribution < 1.29 is 13.3 Å². The summed E-state index contributed by atoms with van der Waals surface area (Å²) >= 11 is 0. The van der Waals surface area contributed by atoms with Gasteiger partial charge in [0.05, 0.1) is 0 Å². The minimum Gasteiger partial charge on any atom is -0.358 e. The molecule has 0 aliphatic carbocycles. The molecule has 1 aliphatic rings. The van der Waals surface area contributed by atoms with Crippen LogP contribution < -0.4 is 0 Å². The topological polar surface area (TPSA) is 93.4 Å². The summed E-state index contributed by atoms with van der Waals surface area (Å²) in [6, 6.07) is 2.34. The highest BCUT2D eigenvalue weighted by Crippen LogP contribution is 2.20. The molecule has 0 amide bonds. The number of nitrogens with zero attached hydrogens (tertiary/aromatic N) is 3. The lowest BCUT2D eigenvalue weighted by Crippen LogP contribution is -2.35. The summed E-state index contributed by atoms with van der Waals surface area (Å²) in [5.41, 5.74) is 0. The first kappa shape index (κ1) is 12.9. The molecule has 0 bridgehead atoms. The first-order valence-corrected chi connectivity index (χ1v) is 7.06. The zero-order chi connectivity index (χ0) is 13.2. The van der Waals surface area contributed by atoms with Crippen molar-refractivity contribution in [2.24, 2.45) is 0 Å². The molecule has 2 heterocycles. The van der Waals surface area contributed by atoms with Crippen LogP contribution in [0.25, 0.3) is 0 Å². The smallest absolute Gasteiger partial charge is 0.358 e. The zero-order valence-electron chi connectivity index (χ0n) is 9.65. The summed E-state index contributed by atoms with van der Waals surface area (Å²) in [5, 5.41) is 10.4. The van der Waals surface area contributed by atoms with E-state index in [1.807, 2.05) is 0 Å². The highest BCUT2D eigenvalue weighted by atomic mass is 32.2. The molecule has 0 aromatic carbocycles. The number of nitro groups is 1. The van der Waals surface area contributed by atoms with Gasteiger partial charge in [-0.1, -0.05) is 6.42 Å². The third-order valence-corrected chi connectivity index (χ3v) is 4.74. The van der Waals surface area contributed by atoms with Crippen LogP contribution in [0.15, 0.2) is 23.2 Å². The van der Waals surface area contributed by atoms with Gasteiger partial charge in [0.1, 0.15) is 4.90 Å². The SMILES string of the molecule is O=[N+]([O-])c1ccc(S(=O)(=O)N2CCCCC2)cn1.